The van der Waals surface area contributed by atoms with Gasteiger partial charge in [0.25, 0.3) is 0 Å². The third kappa shape index (κ3) is 16.2. The van der Waals surface area contributed by atoms with Crippen LogP contribution in [0.15, 0.2) is 0 Å². The van der Waals surface area contributed by atoms with Gasteiger partial charge in [-0.25, -0.2) is 0 Å². The molecule has 0 saturated carbocycles. The van der Waals surface area contributed by atoms with Crippen LogP contribution in [0.3, 0.4) is 0 Å². The zero-order chi connectivity index (χ0) is 22.3. The summed E-state index contributed by atoms with van der Waals surface area (Å²) in [6.07, 6.45) is 28.9. The van der Waals surface area contributed by atoms with Crippen LogP contribution in [0.4, 0.5) is 0 Å². The number of carboxylic acid groups (broad SMARTS) is 1. The van der Waals surface area contributed by atoms with E-state index in [4.69, 9.17) is 0 Å². The predicted molar refractivity (Wildman–Crippen MR) is 133 cm³/mol. The highest BCUT2D eigenvalue weighted by atomic mass is 16.4. The van der Waals surface area contributed by atoms with Crippen molar-refractivity contribution in [3.8, 4) is 0 Å². The molecule has 0 aliphatic carbocycles. The van der Waals surface area contributed by atoms with Gasteiger partial charge in [0.1, 0.15) is 0 Å². The molecule has 0 heterocycles. The number of carbonyl (C=O) groups is 1. The summed E-state index contributed by atoms with van der Waals surface area (Å²) >= 11 is 0. The van der Waals surface area contributed by atoms with E-state index in [2.05, 4.69) is 20.8 Å². The van der Waals surface area contributed by atoms with Crippen molar-refractivity contribution in [2.75, 3.05) is 0 Å². The normalized spacial score (nSPS) is 11.8. The topological polar surface area (TPSA) is 37.3 Å². The Morgan fingerprint density at radius 2 is 0.767 bits per heavy atom. The van der Waals surface area contributed by atoms with Crippen LogP contribution in [0, 0.1) is 5.41 Å². The average molecular weight is 425 g/mol. The summed E-state index contributed by atoms with van der Waals surface area (Å²) in [6, 6.07) is 0. The number of aliphatic carboxylic acids is 1. The maximum atomic E-state index is 12.0. The lowest BCUT2D eigenvalue weighted by Crippen LogP contribution is -2.30. The summed E-state index contributed by atoms with van der Waals surface area (Å²) in [4.78, 5) is 12.0. The molecule has 0 rings (SSSR count). The predicted octanol–water partition coefficient (Wildman–Crippen LogP) is 10.1. The minimum absolute atomic E-state index is 0.458. The van der Waals surface area contributed by atoms with Crippen molar-refractivity contribution in [2.24, 2.45) is 5.41 Å². The van der Waals surface area contributed by atoms with Gasteiger partial charge in [-0.2, -0.15) is 0 Å². The zero-order valence-corrected chi connectivity index (χ0v) is 21.1. The molecule has 2 heteroatoms. The molecular formula is C28H56O2. The molecule has 0 aromatic carbocycles. The lowest BCUT2D eigenvalue weighted by atomic mass is 9.75. The summed E-state index contributed by atoms with van der Waals surface area (Å²) in [7, 11) is 0. The molecule has 0 radical (unpaired) electrons. The minimum Gasteiger partial charge on any atom is -0.481 e. The molecule has 0 aromatic heterocycles. The standard InChI is InChI=1S/C28H56O2/c1-4-7-9-11-13-15-17-19-21-23-25-28(6-3,27(29)30)26-24-22-20-18-16-14-12-10-8-5-2/h4-26H2,1-3H3,(H,29,30). The van der Waals surface area contributed by atoms with Crippen molar-refractivity contribution in [1.82, 2.24) is 0 Å². The van der Waals surface area contributed by atoms with Crippen molar-refractivity contribution < 1.29 is 9.90 Å². The summed E-state index contributed by atoms with van der Waals surface area (Å²) in [5.41, 5.74) is -0.458. The zero-order valence-electron chi connectivity index (χ0n) is 21.1. The third-order valence-electron chi connectivity index (χ3n) is 7.15. The van der Waals surface area contributed by atoms with Crippen LogP contribution < -0.4 is 0 Å². The molecule has 180 valence electrons. The van der Waals surface area contributed by atoms with Crippen LogP contribution in [0.5, 0.6) is 0 Å². The second kappa shape index (κ2) is 21.7. The van der Waals surface area contributed by atoms with Crippen molar-refractivity contribution >= 4 is 5.97 Å². The fourth-order valence-corrected chi connectivity index (χ4v) is 4.75. The van der Waals surface area contributed by atoms with Crippen LogP contribution >= 0.6 is 0 Å². The van der Waals surface area contributed by atoms with Crippen molar-refractivity contribution in [1.29, 1.82) is 0 Å². The van der Waals surface area contributed by atoms with Crippen molar-refractivity contribution in [2.45, 2.75) is 168 Å². The first kappa shape index (κ1) is 29.5. The maximum absolute atomic E-state index is 12.0. The molecule has 0 fully saturated rings. The fourth-order valence-electron chi connectivity index (χ4n) is 4.75. The summed E-state index contributed by atoms with van der Waals surface area (Å²) in [6.45, 7) is 6.62. The molecule has 2 nitrogen and oxygen atoms in total. The molecule has 30 heavy (non-hydrogen) atoms. The first-order valence-electron chi connectivity index (χ1n) is 13.9. The molecule has 0 aliphatic heterocycles. The first-order valence-corrected chi connectivity index (χ1v) is 13.9. The Labute approximate surface area is 190 Å². The number of hydrogen-bond donors (Lipinski definition) is 1. The Morgan fingerprint density at radius 1 is 0.500 bits per heavy atom. The largest absolute Gasteiger partial charge is 0.481 e. The van der Waals surface area contributed by atoms with Crippen molar-refractivity contribution in [3.63, 3.8) is 0 Å². The van der Waals surface area contributed by atoms with Crippen LogP contribution in [0.25, 0.3) is 0 Å². The van der Waals surface area contributed by atoms with Gasteiger partial charge in [-0.1, -0.05) is 149 Å². The van der Waals surface area contributed by atoms with E-state index in [-0.39, 0.29) is 0 Å². The lowest BCUT2D eigenvalue weighted by molar-refractivity contribution is -0.150. The van der Waals surface area contributed by atoms with Gasteiger partial charge < -0.3 is 5.11 Å². The number of hydrogen-bond acceptors (Lipinski definition) is 1. The second-order valence-electron chi connectivity index (χ2n) is 9.80. The SMILES string of the molecule is CCCCCCCCCCCCC(CC)(CCCCCCCCCCCC)C(=O)O. The Bertz CT molecular complexity index is 340. The summed E-state index contributed by atoms with van der Waals surface area (Å²) < 4.78 is 0. The Kier molecular flexibility index (Phi) is 21.3. The summed E-state index contributed by atoms with van der Waals surface area (Å²) in [5, 5.41) is 9.91. The second-order valence-corrected chi connectivity index (χ2v) is 9.80. The van der Waals surface area contributed by atoms with Crippen LogP contribution in [-0.2, 0) is 4.79 Å². The molecule has 0 unspecified atom stereocenters. The van der Waals surface area contributed by atoms with E-state index in [0.29, 0.717) is 0 Å². The van der Waals surface area contributed by atoms with Gasteiger partial charge >= 0.3 is 5.97 Å². The molecule has 0 amide bonds. The minimum atomic E-state index is -0.545. The molecule has 0 saturated heterocycles. The van der Waals surface area contributed by atoms with E-state index >= 15 is 0 Å². The molecule has 0 aromatic rings. The van der Waals surface area contributed by atoms with E-state index in [9.17, 15) is 9.90 Å². The Balaban J connectivity index is 3.82. The molecule has 0 aliphatic rings. The van der Waals surface area contributed by atoms with Gasteiger partial charge in [0.05, 0.1) is 5.41 Å². The quantitative estimate of drug-likeness (QED) is 0.156. The molecular weight excluding hydrogens is 368 g/mol. The molecule has 1 N–H and O–H groups in total. The van der Waals surface area contributed by atoms with Crippen molar-refractivity contribution in [3.05, 3.63) is 0 Å². The Morgan fingerprint density at radius 3 is 1.00 bits per heavy atom. The van der Waals surface area contributed by atoms with Crippen LogP contribution in [0.2, 0.25) is 0 Å². The van der Waals surface area contributed by atoms with Gasteiger partial charge in [0.2, 0.25) is 0 Å². The van der Waals surface area contributed by atoms with E-state index in [1.54, 1.807) is 0 Å². The Hall–Kier alpha value is -0.530. The van der Waals surface area contributed by atoms with E-state index in [0.717, 1.165) is 32.1 Å². The van der Waals surface area contributed by atoms with Gasteiger partial charge in [0.15, 0.2) is 0 Å². The monoisotopic (exact) mass is 424 g/mol. The highest BCUT2D eigenvalue weighted by molar-refractivity contribution is 5.74. The molecule has 0 spiro atoms. The number of carboxylic acids is 1. The van der Waals surface area contributed by atoms with E-state index in [1.165, 1.54) is 116 Å². The van der Waals surface area contributed by atoms with E-state index in [1.807, 2.05) is 0 Å². The fraction of sp³-hybridized carbons (Fsp3) is 0.964. The molecule has 0 atom stereocenters. The lowest BCUT2D eigenvalue weighted by Gasteiger charge is -2.28. The highest BCUT2D eigenvalue weighted by Crippen LogP contribution is 2.35. The maximum Gasteiger partial charge on any atom is 0.309 e. The third-order valence-corrected chi connectivity index (χ3v) is 7.15. The molecule has 0 bridgehead atoms. The smallest absolute Gasteiger partial charge is 0.309 e. The van der Waals surface area contributed by atoms with Gasteiger partial charge in [-0.3, -0.25) is 4.79 Å². The average Bonchev–Trinajstić information content (AvgIpc) is 2.74. The number of rotatable bonds is 24. The van der Waals surface area contributed by atoms with Gasteiger partial charge in [0, 0.05) is 0 Å². The van der Waals surface area contributed by atoms with Crippen LogP contribution in [-0.4, -0.2) is 11.1 Å². The first-order chi connectivity index (χ1) is 14.6. The van der Waals surface area contributed by atoms with Crippen LogP contribution in [0.1, 0.15) is 168 Å². The summed E-state index contributed by atoms with van der Waals surface area (Å²) in [5.74, 6) is -0.545. The van der Waals surface area contributed by atoms with Gasteiger partial charge in [-0.05, 0) is 19.3 Å². The van der Waals surface area contributed by atoms with E-state index < -0.39 is 11.4 Å². The highest BCUT2D eigenvalue weighted by Gasteiger charge is 2.35. The number of unbranched alkanes of at least 4 members (excludes halogenated alkanes) is 18. The van der Waals surface area contributed by atoms with Gasteiger partial charge in [-0.15, -0.1) is 0 Å².